The van der Waals surface area contributed by atoms with E-state index in [1.54, 1.807) is 0 Å². The van der Waals surface area contributed by atoms with E-state index in [2.05, 4.69) is 0 Å². The van der Waals surface area contributed by atoms with Gasteiger partial charge < -0.3 is 15.2 Å². The highest BCUT2D eigenvalue weighted by Crippen LogP contribution is 2.21. The van der Waals surface area contributed by atoms with Crippen LogP contribution in [0, 0.1) is 5.82 Å². The third-order valence-electron chi connectivity index (χ3n) is 0.931. The minimum absolute atomic E-state index is 0.0602. The Morgan fingerprint density at radius 2 is 1.83 bits per heavy atom. The second kappa shape index (κ2) is 5.82. The van der Waals surface area contributed by atoms with Crippen LogP contribution in [-0.4, -0.2) is 22.8 Å². The Hall–Kier alpha value is -0.775. The Bertz CT molecular complexity index is 226. The Kier molecular flexibility index (Phi) is 5.45. The third-order valence-corrected chi connectivity index (χ3v) is 1.22. The molecule has 1 rings (SSSR count). The number of rotatable bonds is 0. The molecule has 0 aliphatic heterocycles. The van der Waals surface area contributed by atoms with Gasteiger partial charge in [-0.1, -0.05) is 17.7 Å². The topological polar surface area (TPSA) is 60.7 Å². The monoisotopic (exact) mass is 192 g/mol. The summed E-state index contributed by atoms with van der Waals surface area (Å²) in [5.41, 5.74) is 0. The van der Waals surface area contributed by atoms with Crippen LogP contribution in [0.15, 0.2) is 18.2 Å². The van der Waals surface area contributed by atoms with E-state index in [1.165, 1.54) is 18.2 Å². The van der Waals surface area contributed by atoms with Crippen LogP contribution in [0.5, 0.6) is 5.75 Å². The van der Waals surface area contributed by atoms with E-state index in [1.807, 2.05) is 0 Å². The highest BCUT2D eigenvalue weighted by atomic mass is 35.5. The Morgan fingerprint density at radius 3 is 2.17 bits per heavy atom. The fourth-order valence-electron chi connectivity index (χ4n) is 0.492. The maximum absolute atomic E-state index is 12.3. The van der Waals surface area contributed by atoms with Crippen molar-refractivity contribution in [2.45, 2.75) is 0 Å². The van der Waals surface area contributed by atoms with Crippen molar-refractivity contribution < 1.29 is 19.5 Å². The summed E-state index contributed by atoms with van der Waals surface area (Å²) in [6.45, 7) is 0. The molecule has 0 atom stereocenters. The SMILES string of the molecule is OBO.Oc1cccc(Cl)c1F. The van der Waals surface area contributed by atoms with Gasteiger partial charge in [0.15, 0.2) is 11.6 Å². The van der Waals surface area contributed by atoms with Crippen LogP contribution in [0.3, 0.4) is 0 Å². The van der Waals surface area contributed by atoms with Crippen LogP contribution in [-0.2, 0) is 0 Å². The number of aromatic hydroxyl groups is 1. The second-order valence-electron chi connectivity index (χ2n) is 1.71. The average molecular weight is 192 g/mol. The number of halogens is 2. The van der Waals surface area contributed by atoms with Gasteiger partial charge in [0.05, 0.1) is 5.02 Å². The van der Waals surface area contributed by atoms with Gasteiger partial charge in [-0.2, -0.15) is 0 Å². The van der Waals surface area contributed by atoms with Gasteiger partial charge in [0.2, 0.25) is 0 Å². The third kappa shape index (κ3) is 3.57. The van der Waals surface area contributed by atoms with E-state index in [0.29, 0.717) is 0 Å². The van der Waals surface area contributed by atoms with Crippen molar-refractivity contribution in [1.29, 1.82) is 0 Å². The lowest BCUT2D eigenvalue weighted by Gasteiger charge is -1.93. The lowest BCUT2D eigenvalue weighted by molar-refractivity contribution is 0.432. The molecule has 0 aliphatic rings. The summed E-state index contributed by atoms with van der Waals surface area (Å²) in [5, 5.41) is 22.8. The van der Waals surface area contributed by atoms with E-state index < -0.39 is 19.3 Å². The van der Waals surface area contributed by atoms with Crippen molar-refractivity contribution in [3.8, 4) is 5.75 Å². The van der Waals surface area contributed by atoms with Crippen molar-refractivity contribution in [1.82, 2.24) is 0 Å². The summed E-state index contributed by atoms with van der Waals surface area (Å²) < 4.78 is 12.3. The molecule has 66 valence electrons. The Labute approximate surface area is 74.3 Å². The number of phenolic OH excluding ortho intramolecular Hbond substituents is 1. The van der Waals surface area contributed by atoms with Crippen LogP contribution in [0.25, 0.3) is 0 Å². The summed E-state index contributed by atoms with van der Waals surface area (Å²) in [6.07, 6.45) is 0. The fraction of sp³-hybridized carbons (Fsp3) is 0. The van der Waals surface area contributed by atoms with Gasteiger partial charge in [0.25, 0.3) is 0 Å². The molecule has 0 aliphatic carbocycles. The van der Waals surface area contributed by atoms with Crippen LogP contribution in [0.2, 0.25) is 5.02 Å². The number of hydrogen-bond donors (Lipinski definition) is 3. The minimum atomic E-state index is -0.765. The summed E-state index contributed by atoms with van der Waals surface area (Å²) in [7, 11) is -0.750. The van der Waals surface area contributed by atoms with Crippen molar-refractivity contribution in [2.75, 3.05) is 0 Å². The van der Waals surface area contributed by atoms with E-state index in [0.717, 1.165) is 0 Å². The maximum atomic E-state index is 12.3. The smallest absolute Gasteiger partial charge is 0.432 e. The van der Waals surface area contributed by atoms with Crippen molar-refractivity contribution in [3.05, 3.63) is 29.0 Å². The number of benzene rings is 1. The first-order valence-electron chi connectivity index (χ1n) is 2.98. The average Bonchev–Trinajstić information content (AvgIpc) is 2.02. The first kappa shape index (κ1) is 11.2. The van der Waals surface area contributed by atoms with Gasteiger partial charge in [-0.15, -0.1) is 0 Å². The molecule has 0 spiro atoms. The quantitative estimate of drug-likeness (QED) is 0.522. The van der Waals surface area contributed by atoms with Crippen LogP contribution < -0.4 is 0 Å². The van der Waals surface area contributed by atoms with Gasteiger partial charge in [-0.3, -0.25) is 0 Å². The van der Waals surface area contributed by atoms with Crippen LogP contribution in [0.4, 0.5) is 4.39 Å². The maximum Gasteiger partial charge on any atom is 0.432 e. The molecule has 0 unspecified atom stereocenters. The summed E-state index contributed by atoms with van der Waals surface area (Å²) >= 11 is 5.28. The molecule has 0 heterocycles. The molecule has 0 aromatic heterocycles. The summed E-state index contributed by atoms with van der Waals surface area (Å²) in [6, 6.07) is 4.08. The molecule has 1 aromatic carbocycles. The van der Waals surface area contributed by atoms with E-state index in [9.17, 15) is 4.39 Å². The molecular weight excluding hydrogens is 185 g/mol. The molecule has 3 nitrogen and oxygen atoms in total. The lowest BCUT2D eigenvalue weighted by Crippen LogP contribution is -1.75. The predicted octanol–water partition coefficient (Wildman–Crippen LogP) is 0.422. The zero-order valence-electron chi connectivity index (χ0n) is 6.04. The molecule has 1 aromatic rings. The fourth-order valence-corrected chi connectivity index (χ4v) is 0.662. The Balaban J connectivity index is 0.000000354. The van der Waals surface area contributed by atoms with Gasteiger partial charge >= 0.3 is 7.69 Å². The predicted molar refractivity (Wildman–Crippen MR) is 44.7 cm³/mol. The standard InChI is InChI=1S/C6H4ClFO.BH3O2/c7-4-2-1-3-5(9)6(4)8;2-1-3/h1-3,9H;1-3H. The van der Waals surface area contributed by atoms with E-state index >= 15 is 0 Å². The second-order valence-corrected chi connectivity index (χ2v) is 2.12. The van der Waals surface area contributed by atoms with Crippen LogP contribution >= 0.6 is 11.6 Å². The highest BCUT2D eigenvalue weighted by molar-refractivity contribution is 6.30. The number of phenols is 1. The highest BCUT2D eigenvalue weighted by Gasteiger charge is 2.01. The first-order valence-corrected chi connectivity index (χ1v) is 3.36. The number of hydrogen-bond acceptors (Lipinski definition) is 3. The largest absolute Gasteiger partial charge is 0.505 e. The zero-order chi connectivity index (χ0) is 9.56. The minimum Gasteiger partial charge on any atom is -0.505 e. The Morgan fingerprint density at radius 1 is 1.33 bits per heavy atom. The molecule has 0 bridgehead atoms. The molecule has 6 heteroatoms. The normalized spacial score (nSPS) is 8.33. The van der Waals surface area contributed by atoms with Crippen molar-refractivity contribution >= 4 is 19.3 Å². The van der Waals surface area contributed by atoms with E-state index in [-0.39, 0.29) is 5.02 Å². The molecule has 0 amide bonds. The summed E-state index contributed by atoms with van der Waals surface area (Å²) in [5.74, 6) is -1.18. The lowest BCUT2D eigenvalue weighted by atomic mass is 10.3. The van der Waals surface area contributed by atoms with Crippen molar-refractivity contribution in [2.24, 2.45) is 0 Å². The zero-order valence-corrected chi connectivity index (χ0v) is 6.79. The molecule has 0 radical (unpaired) electrons. The molecule has 0 fully saturated rings. The van der Waals surface area contributed by atoms with Gasteiger partial charge in [0, 0.05) is 0 Å². The molecule has 0 saturated heterocycles. The van der Waals surface area contributed by atoms with Gasteiger partial charge in [-0.05, 0) is 12.1 Å². The molecule has 12 heavy (non-hydrogen) atoms. The van der Waals surface area contributed by atoms with Crippen molar-refractivity contribution in [3.63, 3.8) is 0 Å². The van der Waals surface area contributed by atoms with Crippen LogP contribution in [0.1, 0.15) is 0 Å². The molecule has 3 N–H and O–H groups in total. The molecule has 0 saturated carbocycles. The van der Waals surface area contributed by atoms with Gasteiger partial charge in [-0.25, -0.2) is 4.39 Å². The summed E-state index contributed by atoms with van der Waals surface area (Å²) in [4.78, 5) is 0. The molecular formula is C6H7BClFO3. The first-order chi connectivity index (χ1) is 5.63. The van der Waals surface area contributed by atoms with Gasteiger partial charge in [0.1, 0.15) is 0 Å². The van der Waals surface area contributed by atoms with E-state index in [4.69, 9.17) is 26.8 Å².